The van der Waals surface area contributed by atoms with Gasteiger partial charge in [0.25, 0.3) is 11.8 Å². The molecule has 23 heavy (non-hydrogen) atoms. The number of aromatic carboxylic acids is 2. The van der Waals surface area contributed by atoms with Gasteiger partial charge in [-0.25, -0.2) is 19.6 Å². The molecular formula is C14H9N3O6. The van der Waals surface area contributed by atoms with Crippen LogP contribution in [0.5, 0.6) is 0 Å². The molecule has 9 heteroatoms. The molecule has 116 valence electrons. The zero-order chi connectivity index (χ0) is 17.0. The molecule has 0 unspecified atom stereocenters. The normalized spacial score (nSPS) is 9.91. The van der Waals surface area contributed by atoms with Crippen LogP contribution in [0.3, 0.4) is 0 Å². The van der Waals surface area contributed by atoms with Crippen LogP contribution in [0.25, 0.3) is 0 Å². The largest absolute Gasteiger partial charge is 0.477 e. The number of carbonyl (C=O) groups excluding carboxylic acids is 2. The summed E-state index contributed by atoms with van der Waals surface area (Å²) in [7, 11) is 0. The zero-order valence-corrected chi connectivity index (χ0v) is 11.4. The Morgan fingerprint density at radius 3 is 1.39 bits per heavy atom. The van der Waals surface area contributed by atoms with E-state index in [-0.39, 0.29) is 22.8 Å². The van der Waals surface area contributed by atoms with Crippen molar-refractivity contribution >= 4 is 23.8 Å². The summed E-state index contributed by atoms with van der Waals surface area (Å²) in [5.41, 5.74) is -1.24. The fourth-order valence-corrected chi connectivity index (χ4v) is 1.59. The molecule has 9 nitrogen and oxygen atoms in total. The highest BCUT2D eigenvalue weighted by Gasteiger charge is 2.17. The highest BCUT2D eigenvalue weighted by molar-refractivity contribution is 6.09. The molecule has 3 N–H and O–H groups in total. The van der Waals surface area contributed by atoms with Crippen LogP contribution in [0.1, 0.15) is 42.0 Å². The third-order valence-corrected chi connectivity index (χ3v) is 2.63. The van der Waals surface area contributed by atoms with Gasteiger partial charge in [-0.2, -0.15) is 0 Å². The van der Waals surface area contributed by atoms with Crippen LogP contribution in [-0.2, 0) is 0 Å². The van der Waals surface area contributed by atoms with Crippen molar-refractivity contribution in [2.75, 3.05) is 0 Å². The summed E-state index contributed by atoms with van der Waals surface area (Å²) in [6, 6.07) is 7.46. The average molecular weight is 315 g/mol. The molecule has 0 aliphatic carbocycles. The van der Waals surface area contributed by atoms with Gasteiger partial charge in [-0.3, -0.25) is 14.9 Å². The molecule has 0 spiro atoms. The van der Waals surface area contributed by atoms with E-state index in [0.717, 1.165) is 0 Å². The molecule has 0 bridgehead atoms. The summed E-state index contributed by atoms with van der Waals surface area (Å²) >= 11 is 0. The van der Waals surface area contributed by atoms with E-state index in [1.807, 2.05) is 5.32 Å². The minimum atomic E-state index is -1.32. The molecule has 2 rings (SSSR count). The van der Waals surface area contributed by atoms with Crippen molar-refractivity contribution in [2.45, 2.75) is 0 Å². The van der Waals surface area contributed by atoms with Gasteiger partial charge in [0.15, 0.2) is 0 Å². The van der Waals surface area contributed by atoms with Crippen molar-refractivity contribution in [3.8, 4) is 0 Å². The van der Waals surface area contributed by atoms with E-state index in [1.54, 1.807) is 0 Å². The van der Waals surface area contributed by atoms with E-state index in [0.29, 0.717) is 0 Å². The van der Waals surface area contributed by atoms with Crippen LogP contribution in [0.4, 0.5) is 0 Å². The molecule has 0 saturated carbocycles. The molecule has 0 atom stereocenters. The Kier molecular flexibility index (Phi) is 4.41. The maximum atomic E-state index is 11.9. The summed E-state index contributed by atoms with van der Waals surface area (Å²) in [6.07, 6.45) is 0. The lowest BCUT2D eigenvalue weighted by Crippen LogP contribution is -2.32. The van der Waals surface area contributed by atoms with Crippen LogP contribution in [0.2, 0.25) is 0 Å². The van der Waals surface area contributed by atoms with Gasteiger partial charge in [-0.1, -0.05) is 12.1 Å². The molecule has 0 aromatic carbocycles. The molecule has 2 amide bonds. The Labute approximate surface area is 128 Å². The quantitative estimate of drug-likeness (QED) is 0.689. The minimum Gasteiger partial charge on any atom is -0.477 e. The third kappa shape index (κ3) is 3.73. The minimum absolute atomic E-state index is 0.271. The maximum Gasteiger partial charge on any atom is 0.354 e. The highest BCUT2D eigenvalue weighted by Crippen LogP contribution is 2.02. The van der Waals surface area contributed by atoms with E-state index >= 15 is 0 Å². The summed E-state index contributed by atoms with van der Waals surface area (Å²) in [5, 5.41) is 19.6. The van der Waals surface area contributed by atoms with Crippen molar-refractivity contribution in [1.82, 2.24) is 15.3 Å². The van der Waals surface area contributed by atoms with E-state index in [4.69, 9.17) is 10.2 Å². The van der Waals surface area contributed by atoms with Gasteiger partial charge < -0.3 is 10.2 Å². The number of imide groups is 1. The van der Waals surface area contributed by atoms with Gasteiger partial charge in [0.05, 0.1) is 0 Å². The van der Waals surface area contributed by atoms with Crippen LogP contribution < -0.4 is 5.32 Å². The monoisotopic (exact) mass is 315 g/mol. The number of rotatable bonds is 4. The van der Waals surface area contributed by atoms with Crippen LogP contribution in [0, 0.1) is 0 Å². The van der Waals surface area contributed by atoms with E-state index < -0.39 is 23.8 Å². The SMILES string of the molecule is O=C(O)c1cccc(C(=O)NC(=O)c2cccc(C(=O)O)n2)n1. The first kappa shape index (κ1) is 15.8. The number of nitrogens with zero attached hydrogens (tertiary/aromatic N) is 2. The maximum absolute atomic E-state index is 11.9. The first-order chi connectivity index (χ1) is 10.9. The number of hydrogen-bond donors (Lipinski definition) is 3. The van der Waals surface area contributed by atoms with Gasteiger partial charge in [0.2, 0.25) is 0 Å². The number of carboxylic acids is 2. The number of pyridine rings is 2. The Morgan fingerprint density at radius 2 is 1.04 bits per heavy atom. The van der Waals surface area contributed by atoms with Gasteiger partial charge in [-0.05, 0) is 24.3 Å². The molecule has 0 aliphatic rings. The summed E-state index contributed by atoms with van der Waals surface area (Å²) in [4.78, 5) is 52.5. The highest BCUT2D eigenvalue weighted by atomic mass is 16.4. The second-order valence-electron chi connectivity index (χ2n) is 4.21. The number of amides is 2. The molecule has 2 aromatic heterocycles. The Hall–Kier alpha value is -3.62. The zero-order valence-electron chi connectivity index (χ0n) is 11.4. The average Bonchev–Trinajstić information content (AvgIpc) is 2.54. The van der Waals surface area contributed by atoms with Gasteiger partial charge in [0, 0.05) is 0 Å². The van der Waals surface area contributed by atoms with Crippen molar-refractivity contribution < 1.29 is 29.4 Å². The molecule has 0 fully saturated rings. The Morgan fingerprint density at radius 1 is 0.696 bits per heavy atom. The predicted octanol–water partition coefficient (Wildman–Crippen LogP) is 0.443. The molecular weight excluding hydrogens is 306 g/mol. The van der Waals surface area contributed by atoms with Crippen LogP contribution in [0.15, 0.2) is 36.4 Å². The van der Waals surface area contributed by atoms with Crippen molar-refractivity contribution in [3.63, 3.8) is 0 Å². The van der Waals surface area contributed by atoms with Crippen molar-refractivity contribution in [3.05, 3.63) is 59.2 Å². The van der Waals surface area contributed by atoms with Crippen molar-refractivity contribution in [1.29, 1.82) is 0 Å². The topological polar surface area (TPSA) is 147 Å². The Balaban J connectivity index is 2.18. The molecule has 0 aliphatic heterocycles. The predicted molar refractivity (Wildman–Crippen MR) is 74.2 cm³/mol. The second kappa shape index (κ2) is 6.43. The first-order valence-electron chi connectivity index (χ1n) is 6.15. The number of aromatic nitrogens is 2. The van der Waals surface area contributed by atoms with E-state index in [2.05, 4.69) is 9.97 Å². The number of carboxylic acid groups (broad SMARTS) is 2. The summed E-state index contributed by atoms with van der Waals surface area (Å²) < 4.78 is 0. The Bertz CT molecular complexity index is 750. The lowest BCUT2D eigenvalue weighted by molar-refractivity contribution is 0.0679. The number of carbonyl (C=O) groups is 4. The van der Waals surface area contributed by atoms with E-state index in [9.17, 15) is 19.2 Å². The lowest BCUT2D eigenvalue weighted by atomic mass is 10.2. The van der Waals surface area contributed by atoms with Gasteiger partial charge >= 0.3 is 11.9 Å². The number of hydrogen-bond acceptors (Lipinski definition) is 6. The fourth-order valence-electron chi connectivity index (χ4n) is 1.59. The summed E-state index contributed by atoms with van der Waals surface area (Å²) in [5.74, 6) is -4.50. The molecule has 0 saturated heterocycles. The fraction of sp³-hybridized carbons (Fsp3) is 0. The number of nitrogens with one attached hydrogen (secondary N) is 1. The first-order valence-corrected chi connectivity index (χ1v) is 6.15. The molecule has 2 heterocycles. The standard InChI is InChI=1S/C14H9N3O6/c18-11(7-3-1-5-9(15-7)13(20)21)17-12(19)8-4-2-6-10(16-8)14(22)23/h1-6H,(H,20,21)(H,22,23)(H,17,18,19). The third-order valence-electron chi connectivity index (χ3n) is 2.63. The van der Waals surface area contributed by atoms with E-state index in [1.165, 1.54) is 36.4 Å². The second-order valence-corrected chi connectivity index (χ2v) is 4.21. The molecule has 2 aromatic rings. The van der Waals surface area contributed by atoms with Crippen molar-refractivity contribution in [2.24, 2.45) is 0 Å². The van der Waals surface area contributed by atoms with Crippen LogP contribution >= 0.6 is 0 Å². The smallest absolute Gasteiger partial charge is 0.354 e. The lowest BCUT2D eigenvalue weighted by Gasteiger charge is -2.04. The van der Waals surface area contributed by atoms with Crippen LogP contribution in [-0.4, -0.2) is 43.9 Å². The van der Waals surface area contributed by atoms with Gasteiger partial charge in [-0.15, -0.1) is 0 Å². The summed E-state index contributed by atoms with van der Waals surface area (Å²) in [6.45, 7) is 0. The molecule has 0 radical (unpaired) electrons. The van der Waals surface area contributed by atoms with Gasteiger partial charge in [0.1, 0.15) is 22.8 Å².